The second kappa shape index (κ2) is 6.74. The van der Waals surface area contributed by atoms with Gasteiger partial charge in [-0.05, 0) is 24.0 Å². The molecule has 1 unspecified atom stereocenters. The molecular formula is C14H25NO. The molecule has 1 N–H and O–H groups in total. The molecule has 0 aliphatic rings. The third-order valence-corrected chi connectivity index (χ3v) is 3.34. The minimum absolute atomic E-state index is 0.284. The maximum Gasteiger partial charge on any atom is 0.0804 e. The molecule has 1 aromatic heterocycles. The van der Waals surface area contributed by atoms with Crippen LogP contribution < -0.4 is 0 Å². The average molecular weight is 223 g/mol. The minimum Gasteiger partial charge on any atom is -0.388 e. The number of aliphatic hydroxyl groups excluding tert-OH is 1. The highest BCUT2D eigenvalue weighted by Crippen LogP contribution is 2.19. The predicted molar refractivity (Wildman–Crippen MR) is 68.4 cm³/mol. The van der Waals surface area contributed by atoms with Crippen molar-refractivity contribution in [3.8, 4) is 0 Å². The summed E-state index contributed by atoms with van der Waals surface area (Å²) in [7, 11) is 0. The van der Waals surface area contributed by atoms with Crippen molar-refractivity contribution < 1.29 is 5.11 Å². The van der Waals surface area contributed by atoms with Gasteiger partial charge in [0.25, 0.3) is 0 Å². The van der Waals surface area contributed by atoms with E-state index in [4.69, 9.17) is 0 Å². The van der Waals surface area contributed by atoms with E-state index in [1.807, 2.05) is 6.07 Å². The van der Waals surface area contributed by atoms with Crippen LogP contribution in [0.1, 0.15) is 58.1 Å². The maximum absolute atomic E-state index is 9.87. The second-order valence-corrected chi connectivity index (χ2v) is 4.63. The first-order chi connectivity index (χ1) is 7.71. The molecule has 0 amide bonds. The third-order valence-electron chi connectivity index (χ3n) is 3.34. The van der Waals surface area contributed by atoms with Crippen LogP contribution in [0.15, 0.2) is 18.5 Å². The van der Waals surface area contributed by atoms with Gasteiger partial charge in [0.2, 0.25) is 0 Å². The third kappa shape index (κ3) is 3.67. The molecule has 0 saturated carbocycles. The monoisotopic (exact) mass is 223 g/mol. The summed E-state index contributed by atoms with van der Waals surface area (Å²) in [6, 6.07) is 2.04. The van der Waals surface area contributed by atoms with E-state index in [-0.39, 0.29) is 6.10 Å². The lowest BCUT2D eigenvalue weighted by Gasteiger charge is -2.13. The topological polar surface area (TPSA) is 25.2 Å². The fraction of sp³-hybridized carbons (Fsp3) is 0.714. The van der Waals surface area contributed by atoms with Crippen molar-refractivity contribution in [2.45, 2.75) is 59.1 Å². The van der Waals surface area contributed by atoms with Gasteiger partial charge in [0.05, 0.1) is 6.10 Å². The first-order valence-corrected chi connectivity index (χ1v) is 6.54. The van der Waals surface area contributed by atoms with Crippen LogP contribution in [0, 0.1) is 5.92 Å². The smallest absolute Gasteiger partial charge is 0.0804 e. The first kappa shape index (κ1) is 13.3. The van der Waals surface area contributed by atoms with E-state index < -0.39 is 0 Å². The molecule has 0 aromatic carbocycles. The molecule has 1 heterocycles. The van der Waals surface area contributed by atoms with E-state index in [1.165, 1.54) is 12.8 Å². The number of rotatable bonds is 7. The van der Waals surface area contributed by atoms with E-state index in [9.17, 15) is 5.11 Å². The normalized spacial score (nSPS) is 13.3. The summed E-state index contributed by atoms with van der Waals surface area (Å²) in [5, 5.41) is 9.87. The molecule has 1 atom stereocenters. The quantitative estimate of drug-likeness (QED) is 0.748. The largest absolute Gasteiger partial charge is 0.388 e. The van der Waals surface area contributed by atoms with Crippen LogP contribution >= 0.6 is 0 Å². The van der Waals surface area contributed by atoms with Gasteiger partial charge in [-0.15, -0.1) is 0 Å². The number of aromatic nitrogens is 1. The Hall–Kier alpha value is -0.760. The molecule has 16 heavy (non-hydrogen) atoms. The van der Waals surface area contributed by atoms with Gasteiger partial charge in [0.15, 0.2) is 0 Å². The number of hydrogen-bond acceptors (Lipinski definition) is 1. The van der Waals surface area contributed by atoms with Crippen molar-refractivity contribution in [3.63, 3.8) is 0 Å². The minimum atomic E-state index is -0.284. The van der Waals surface area contributed by atoms with Crippen molar-refractivity contribution in [2.75, 3.05) is 0 Å². The molecule has 92 valence electrons. The van der Waals surface area contributed by atoms with Crippen LogP contribution in [-0.2, 0) is 6.54 Å². The Balaban J connectivity index is 2.57. The Kier molecular flexibility index (Phi) is 5.61. The van der Waals surface area contributed by atoms with Crippen molar-refractivity contribution >= 4 is 0 Å². The fourth-order valence-corrected chi connectivity index (χ4v) is 2.06. The lowest BCUT2D eigenvalue weighted by atomic mass is 10.0. The number of hydrogen-bond donors (Lipinski definition) is 1. The average Bonchev–Trinajstić information content (AvgIpc) is 2.74. The van der Waals surface area contributed by atoms with Crippen molar-refractivity contribution in [1.82, 2.24) is 4.57 Å². The molecule has 0 bridgehead atoms. The Morgan fingerprint density at radius 3 is 2.50 bits per heavy atom. The van der Waals surface area contributed by atoms with Gasteiger partial charge >= 0.3 is 0 Å². The highest BCUT2D eigenvalue weighted by atomic mass is 16.3. The molecule has 2 heteroatoms. The molecule has 0 radical (unpaired) electrons. The zero-order valence-electron chi connectivity index (χ0n) is 10.8. The zero-order valence-corrected chi connectivity index (χ0v) is 10.8. The molecule has 0 aliphatic carbocycles. The Labute approximate surface area is 99.3 Å². The number of aliphatic hydroxyl groups is 1. The van der Waals surface area contributed by atoms with Crippen molar-refractivity contribution in [3.05, 3.63) is 24.0 Å². The molecule has 0 fully saturated rings. The van der Waals surface area contributed by atoms with Gasteiger partial charge in [-0.2, -0.15) is 0 Å². The molecule has 0 aliphatic heterocycles. The van der Waals surface area contributed by atoms with Crippen LogP contribution in [-0.4, -0.2) is 9.67 Å². The molecule has 0 spiro atoms. The maximum atomic E-state index is 9.87. The van der Waals surface area contributed by atoms with Crippen molar-refractivity contribution in [2.24, 2.45) is 5.92 Å². The lowest BCUT2D eigenvalue weighted by Crippen LogP contribution is -2.07. The van der Waals surface area contributed by atoms with Crippen LogP contribution in [0.4, 0.5) is 0 Å². The number of nitrogens with zero attached hydrogens (tertiary/aromatic N) is 1. The standard InChI is InChI=1S/C14H25NO/c1-4-7-14(16)13-8-9-15(11-13)10-12(5-2)6-3/h8-9,11-12,14,16H,4-7,10H2,1-3H3. The van der Waals surface area contributed by atoms with Gasteiger partial charge < -0.3 is 9.67 Å². The van der Waals surface area contributed by atoms with E-state index in [1.54, 1.807) is 0 Å². The van der Waals surface area contributed by atoms with Gasteiger partial charge in [0, 0.05) is 18.9 Å². The first-order valence-electron chi connectivity index (χ1n) is 6.54. The second-order valence-electron chi connectivity index (χ2n) is 4.63. The molecule has 0 saturated heterocycles. The van der Waals surface area contributed by atoms with Crippen LogP contribution in [0.3, 0.4) is 0 Å². The van der Waals surface area contributed by atoms with Gasteiger partial charge in [-0.3, -0.25) is 0 Å². The van der Waals surface area contributed by atoms with Gasteiger partial charge in [-0.1, -0.05) is 40.0 Å². The fourth-order valence-electron chi connectivity index (χ4n) is 2.06. The highest BCUT2D eigenvalue weighted by Gasteiger charge is 2.09. The highest BCUT2D eigenvalue weighted by molar-refractivity contribution is 5.13. The summed E-state index contributed by atoms with van der Waals surface area (Å²) in [5.74, 6) is 0.753. The summed E-state index contributed by atoms with van der Waals surface area (Å²) >= 11 is 0. The van der Waals surface area contributed by atoms with Gasteiger partial charge in [-0.25, -0.2) is 0 Å². The van der Waals surface area contributed by atoms with Crippen molar-refractivity contribution in [1.29, 1.82) is 0 Å². The predicted octanol–water partition coefficient (Wildman–Crippen LogP) is 3.76. The Morgan fingerprint density at radius 2 is 1.94 bits per heavy atom. The zero-order chi connectivity index (χ0) is 12.0. The van der Waals surface area contributed by atoms with E-state index >= 15 is 0 Å². The van der Waals surface area contributed by atoms with Gasteiger partial charge in [0.1, 0.15) is 0 Å². The Morgan fingerprint density at radius 1 is 1.25 bits per heavy atom. The van der Waals surface area contributed by atoms with E-state index in [0.717, 1.165) is 30.9 Å². The molecule has 1 rings (SSSR count). The summed E-state index contributed by atoms with van der Waals surface area (Å²) in [4.78, 5) is 0. The molecule has 1 aromatic rings. The van der Waals surface area contributed by atoms with Crippen LogP contribution in [0.5, 0.6) is 0 Å². The van der Waals surface area contributed by atoms with E-state index in [0.29, 0.717) is 0 Å². The summed E-state index contributed by atoms with van der Waals surface area (Å²) in [6.07, 6.45) is 8.23. The molecular weight excluding hydrogens is 198 g/mol. The molecule has 2 nitrogen and oxygen atoms in total. The van der Waals surface area contributed by atoms with E-state index in [2.05, 4.69) is 37.7 Å². The lowest BCUT2D eigenvalue weighted by molar-refractivity contribution is 0.166. The van der Waals surface area contributed by atoms with Crippen LogP contribution in [0.2, 0.25) is 0 Å². The summed E-state index contributed by atoms with van der Waals surface area (Å²) < 4.78 is 2.21. The summed E-state index contributed by atoms with van der Waals surface area (Å²) in [6.45, 7) is 7.66. The summed E-state index contributed by atoms with van der Waals surface area (Å²) in [5.41, 5.74) is 1.06. The Bertz CT molecular complexity index is 289. The SMILES string of the molecule is CCCC(O)c1ccn(CC(CC)CC)c1. The van der Waals surface area contributed by atoms with Crippen LogP contribution in [0.25, 0.3) is 0 Å².